The molecule has 0 bridgehead atoms. The number of carbonyl (C=O) groups is 1. The van der Waals surface area contributed by atoms with Crippen LogP contribution in [0.5, 0.6) is 5.75 Å². The number of ether oxygens (including phenoxy) is 1. The lowest BCUT2D eigenvalue weighted by Gasteiger charge is -2.23. The smallest absolute Gasteiger partial charge is 0.405 e. The van der Waals surface area contributed by atoms with Gasteiger partial charge in [-0.2, -0.15) is 13.2 Å². The molecule has 6 nitrogen and oxygen atoms in total. The predicted molar refractivity (Wildman–Crippen MR) is 99.5 cm³/mol. The minimum Gasteiger partial charge on any atom is -0.497 e. The summed E-state index contributed by atoms with van der Waals surface area (Å²) in [6, 6.07) is 5.58. The fraction of sp³-hybridized carbons (Fsp3) is 0.389. The van der Waals surface area contributed by atoms with Gasteiger partial charge in [-0.05, 0) is 30.2 Å². The van der Waals surface area contributed by atoms with E-state index in [0.29, 0.717) is 11.3 Å². The second-order valence-electron chi connectivity index (χ2n) is 6.32. The van der Waals surface area contributed by atoms with Crippen molar-refractivity contribution in [1.82, 2.24) is 15.3 Å². The molecule has 1 heterocycles. The Balaban J connectivity index is 0.00000420. The van der Waals surface area contributed by atoms with E-state index in [4.69, 9.17) is 4.74 Å². The average molecular weight is 404 g/mol. The Morgan fingerprint density at radius 3 is 2.43 bits per heavy atom. The van der Waals surface area contributed by atoms with Gasteiger partial charge >= 0.3 is 6.18 Å². The van der Waals surface area contributed by atoms with Gasteiger partial charge in [0.1, 0.15) is 18.3 Å². The Morgan fingerprint density at radius 1 is 1.25 bits per heavy atom. The molecule has 10 heteroatoms. The molecule has 0 aliphatic rings. The van der Waals surface area contributed by atoms with E-state index < -0.39 is 36.4 Å². The number of nitrogens with one attached hydrogen (secondary N) is 2. The van der Waals surface area contributed by atoms with Gasteiger partial charge in [0.15, 0.2) is 17.5 Å². The highest BCUT2D eigenvalue weighted by molar-refractivity contribution is 5.84. The fourth-order valence-electron chi connectivity index (χ4n) is 2.33. The van der Waals surface area contributed by atoms with E-state index >= 15 is 0 Å². The predicted octanol–water partition coefficient (Wildman–Crippen LogP) is 3.90. The highest BCUT2D eigenvalue weighted by atomic mass is 19.4. The summed E-state index contributed by atoms with van der Waals surface area (Å²) in [5.41, 5.74) is 0.575. The van der Waals surface area contributed by atoms with Crippen molar-refractivity contribution in [2.45, 2.75) is 26.1 Å². The monoisotopic (exact) mass is 404 g/mol. The maximum atomic E-state index is 14.1. The van der Waals surface area contributed by atoms with Crippen LogP contribution in [0, 0.1) is 11.7 Å². The molecule has 0 aliphatic heterocycles. The van der Waals surface area contributed by atoms with Gasteiger partial charge < -0.3 is 15.4 Å². The number of hydrogen-bond acceptors (Lipinski definition) is 5. The van der Waals surface area contributed by atoms with Crippen LogP contribution in [0.3, 0.4) is 0 Å². The Morgan fingerprint density at radius 2 is 1.89 bits per heavy atom. The van der Waals surface area contributed by atoms with Crippen LogP contribution in [0.25, 0.3) is 11.4 Å². The number of halogens is 4. The number of nitrogens with zero attached hydrogens (tertiary/aromatic N) is 2. The van der Waals surface area contributed by atoms with Crippen LogP contribution in [0.2, 0.25) is 0 Å². The number of carbonyl (C=O) groups excluding carboxylic acids is 1. The Kier molecular flexibility index (Phi) is 6.76. The number of amides is 1. The number of benzene rings is 1. The second-order valence-corrected chi connectivity index (χ2v) is 6.32. The first-order valence-electron chi connectivity index (χ1n) is 8.38. The van der Waals surface area contributed by atoms with Crippen LogP contribution in [0.15, 0.2) is 30.5 Å². The number of hydrogen-bond donors (Lipinski definition) is 2. The highest BCUT2D eigenvalue weighted by Crippen LogP contribution is 2.22. The third kappa shape index (κ3) is 5.80. The number of aromatic nitrogens is 2. The first-order valence-corrected chi connectivity index (χ1v) is 8.38. The zero-order valence-corrected chi connectivity index (χ0v) is 15.5. The van der Waals surface area contributed by atoms with Gasteiger partial charge in [0, 0.05) is 8.42 Å². The van der Waals surface area contributed by atoms with Crippen molar-refractivity contribution in [3.63, 3.8) is 0 Å². The minimum absolute atomic E-state index is 0. The maximum Gasteiger partial charge on any atom is 0.405 e. The van der Waals surface area contributed by atoms with Crippen LogP contribution in [0.4, 0.5) is 23.4 Å². The van der Waals surface area contributed by atoms with Crippen LogP contribution >= 0.6 is 0 Å². The molecule has 0 saturated carbocycles. The van der Waals surface area contributed by atoms with Crippen molar-refractivity contribution in [3.8, 4) is 17.1 Å². The molecule has 0 unspecified atom stereocenters. The van der Waals surface area contributed by atoms with E-state index in [0.717, 1.165) is 6.20 Å². The molecular weight excluding hydrogens is 380 g/mol. The van der Waals surface area contributed by atoms with E-state index in [-0.39, 0.29) is 14.5 Å². The van der Waals surface area contributed by atoms with Crippen LogP contribution < -0.4 is 15.4 Å². The SMILES string of the molecule is COc1ccc(-c2ncc(F)c(N[C@@H](C(=O)NCC(F)(F)F)C(C)C)n2)cc1.[HH].[HH]. The molecule has 1 atom stereocenters. The van der Waals surface area contributed by atoms with Gasteiger partial charge in [-0.15, -0.1) is 0 Å². The zero-order chi connectivity index (χ0) is 20.9. The van der Waals surface area contributed by atoms with Gasteiger partial charge in [-0.3, -0.25) is 4.79 Å². The van der Waals surface area contributed by atoms with Crippen molar-refractivity contribution in [1.29, 1.82) is 0 Å². The molecule has 0 fully saturated rings. The molecule has 1 aromatic heterocycles. The van der Waals surface area contributed by atoms with Gasteiger partial charge in [0.25, 0.3) is 0 Å². The van der Waals surface area contributed by atoms with Crippen LogP contribution in [-0.4, -0.2) is 41.7 Å². The summed E-state index contributed by atoms with van der Waals surface area (Å²) in [6.45, 7) is 1.77. The number of rotatable bonds is 7. The summed E-state index contributed by atoms with van der Waals surface area (Å²) in [7, 11) is 1.52. The first kappa shape index (κ1) is 21.4. The summed E-state index contributed by atoms with van der Waals surface area (Å²) >= 11 is 0. The van der Waals surface area contributed by atoms with Crippen molar-refractivity contribution in [2.24, 2.45) is 5.92 Å². The second kappa shape index (κ2) is 8.85. The molecule has 2 rings (SSSR count). The van der Waals surface area contributed by atoms with Gasteiger partial charge in [0.05, 0.1) is 13.3 Å². The molecule has 28 heavy (non-hydrogen) atoms. The van der Waals surface area contributed by atoms with E-state index in [1.165, 1.54) is 7.11 Å². The van der Waals surface area contributed by atoms with Crippen molar-refractivity contribution >= 4 is 11.7 Å². The minimum atomic E-state index is -4.54. The van der Waals surface area contributed by atoms with E-state index in [2.05, 4.69) is 15.3 Å². The van der Waals surface area contributed by atoms with Crippen LogP contribution in [0.1, 0.15) is 16.7 Å². The lowest BCUT2D eigenvalue weighted by molar-refractivity contribution is -0.139. The number of methoxy groups -OCH3 is 1. The molecule has 0 aliphatic carbocycles. The van der Waals surface area contributed by atoms with Crippen LogP contribution in [-0.2, 0) is 4.79 Å². The van der Waals surface area contributed by atoms with Gasteiger partial charge in [-0.25, -0.2) is 14.4 Å². The fourth-order valence-corrected chi connectivity index (χ4v) is 2.33. The molecule has 0 spiro atoms. The molecule has 1 amide bonds. The summed E-state index contributed by atoms with van der Waals surface area (Å²) in [6.07, 6.45) is -3.61. The highest BCUT2D eigenvalue weighted by Gasteiger charge is 2.31. The Labute approximate surface area is 162 Å². The van der Waals surface area contributed by atoms with Crippen molar-refractivity contribution in [2.75, 3.05) is 19.0 Å². The van der Waals surface area contributed by atoms with Gasteiger partial charge in [0.2, 0.25) is 5.91 Å². The third-order valence-corrected chi connectivity index (χ3v) is 3.80. The Hall–Kier alpha value is -2.91. The third-order valence-electron chi connectivity index (χ3n) is 3.80. The lowest BCUT2D eigenvalue weighted by atomic mass is 10.0. The summed E-state index contributed by atoms with van der Waals surface area (Å²) in [4.78, 5) is 20.1. The molecule has 0 saturated heterocycles. The molecular formula is C18H24F4N4O2. The Bertz CT molecular complexity index is 821. The molecule has 2 aromatic rings. The van der Waals surface area contributed by atoms with Crippen molar-refractivity contribution < 1.29 is 29.9 Å². The quantitative estimate of drug-likeness (QED) is 0.685. The van der Waals surface area contributed by atoms with E-state index in [1.54, 1.807) is 43.4 Å². The topological polar surface area (TPSA) is 76.1 Å². The first-order chi connectivity index (χ1) is 13.1. The van der Waals surface area contributed by atoms with Crippen molar-refractivity contribution in [3.05, 3.63) is 36.3 Å². The summed E-state index contributed by atoms with van der Waals surface area (Å²) in [5.74, 6) is -1.63. The van der Waals surface area contributed by atoms with E-state index in [9.17, 15) is 22.4 Å². The average Bonchev–Trinajstić information content (AvgIpc) is 2.64. The normalized spacial score (nSPS) is 12.6. The molecule has 0 radical (unpaired) electrons. The summed E-state index contributed by atoms with van der Waals surface area (Å²) < 4.78 is 56.2. The number of alkyl halides is 3. The molecule has 2 N–H and O–H groups in total. The zero-order valence-electron chi connectivity index (χ0n) is 15.5. The summed E-state index contributed by atoms with van der Waals surface area (Å²) in [5, 5.41) is 4.38. The van der Waals surface area contributed by atoms with E-state index in [1.807, 2.05) is 0 Å². The lowest BCUT2D eigenvalue weighted by Crippen LogP contribution is -2.46. The standard InChI is InChI=1S/C18H20F4N4O2.2H2/c1-10(2)14(17(27)24-9-18(20,21)22)25-16-13(19)8-23-15(26-16)11-4-6-12(28-3)7-5-11;;/h4-8,10,14H,9H2,1-3H3,(H,24,27)(H,23,25,26);2*1H/t14-;;/m1../s1. The largest absolute Gasteiger partial charge is 0.497 e. The maximum absolute atomic E-state index is 14.1. The number of anilines is 1. The molecule has 156 valence electrons. The van der Waals surface area contributed by atoms with Gasteiger partial charge in [-0.1, -0.05) is 13.8 Å². The molecule has 1 aromatic carbocycles.